The summed E-state index contributed by atoms with van der Waals surface area (Å²) in [4.78, 5) is 13.8. The predicted molar refractivity (Wildman–Crippen MR) is 266 cm³/mol. The van der Waals surface area contributed by atoms with Crippen LogP contribution in [0.4, 0.5) is 0 Å². The van der Waals surface area contributed by atoms with Crippen molar-refractivity contribution in [2.24, 2.45) is 22.7 Å². The Bertz CT molecular complexity index is 2140. The fraction of sp³-hybridized carbons (Fsp3) is 0.873. The molecule has 8 aliphatic rings. The molecule has 0 amide bonds. The van der Waals surface area contributed by atoms with Crippen LogP contribution in [0.3, 0.4) is 0 Å². The molecule has 22 nitrogen and oxygen atoms in total. The van der Waals surface area contributed by atoms with Gasteiger partial charge in [-0.3, -0.25) is 0 Å². The Morgan fingerprint density at radius 2 is 1.26 bits per heavy atom. The van der Waals surface area contributed by atoms with Gasteiger partial charge in [-0.1, -0.05) is 32.0 Å². The molecule has 4 saturated heterocycles. The average Bonchev–Trinajstić information content (AvgIpc) is 3.83. The van der Waals surface area contributed by atoms with Crippen molar-refractivity contribution in [1.82, 2.24) is 0 Å². The summed E-state index contributed by atoms with van der Waals surface area (Å²) in [7, 11) is 4.51. The second-order valence-electron chi connectivity index (χ2n) is 23.9. The second kappa shape index (κ2) is 22.9. The molecule has 1 aromatic rings. The van der Waals surface area contributed by atoms with Crippen LogP contribution in [0.5, 0.6) is 0 Å². The van der Waals surface area contributed by atoms with Crippen molar-refractivity contribution < 1.29 is 108 Å². The van der Waals surface area contributed by atoms with Gasteiger partial charge in [-0.05, 0) is 108 Å². The van der Waals surface area contributed by atoms with Crippen LogP contribution in [0.2, 0.25) is 0 Å². The van der Waals surface area contributed by atoms with Crippen molar-refractivity contribution in [2.45, 2.75) is 251 Å². The first-order valence-electron chi connectivity index (χ1n) is 27.7. The number of esters is 1. The number of ether oxygens (including phenoxy) is 12. The van der Waals surface area contributed by atoms with Crippen LogP contribution in [-0.2, 0) is 56.8 Å². The number of fused-ring (bicyclic) bond motifs is 5. The quantitative estimate of drug-likeness (QED) is 0.0873. The summed E-state index contributed by atoms with van der Waals surface area (Å²) in [5.41, 5.74) is -7.14. The fourth-order valence-electron chi connectivity index (χ4n) is 15.4. The number of aliphatic hydroxyl groups excluding tert-OH is 6. The highest BCUT2D eigenvalue weighted by Crippen LogP contribution is 2.72. The van der Waals surface area contributed by atoms with Gasteiger partial charge < -0.3 is 103 Å². The number of hydrogen-bond acceptors (Lipinski definition) is 22. The zero-order chi connectivity index (χ0) is 55.7. The van der Waals surface area contributed by atoms with E-state index < -0.39 is 169 Å². The van der Waals surface area contributed by atoms with Crippen LogP contribution in [-0.4, -0.2) is 226 Å². The minimum atomic E-state index is -1.88. The van der Waals surface area contributed by atoms with Crippen LogP contribution in [0.15, 0.2) is 30.3 Å². The summed E-state index contributed by atoms with van der Waals surface area (Å²) in [6, 6.07) is 8.56. The second-order valence-corrected chi connectivity index (χ2v) is 23.9. The van der Waals surface area contributed by atoms with Crippen LogP contribution in [0.1, 0.15) is 116 Å². The first-order valence-corrected chi connectivity index (χ1v) is 27.7. The van der Waals surface area contributed by atoms with Crippen molar-refractivity contribution in [2.75, 3.05) is 27.9 Å². The molecule has 9 N–H and O–H groups in total. The molecule has 77 heavy (non-hydrogen) atoms. The molecule has 28 atom stereocenters. The molecule has 0 aromatic heterocycles. The third kappa shape index (κ3) is 10.2. The Morgan fingerprint density at radius 3 is 1.87 bits per heavy atom. The van der Waals surface area contributed by atoms with E-state index >= 15 is 0 Å². The Morgan fingerprint density at radius 1 is 0.662 bits per heavy atom. The molecule has 0 radical (unpaired) electrons. The number of methoxy groups -OCH3 is 3. The van der Waals surface area contributed by atoms with Crippen LogP contribution in [0, 0.1) is 22.7 Å². The lowest BCUT2D eigenvalue weighted by atomic mass is 9.40. The van der Waals surface area contributed by atoms with Gasteiger partial charge in [0, 0.05) is 34.2 Å². The number of carbonyl (C=O) groups is 1. The van der Waals surface area contributed by atoms with E-state index in [4.69, 9.17) is 56.8 Å². The van der Waals surface area contributed by atoms with Crippen molar-refractivity contribution in [3.8, 4) is 0 Å². The van der Waals surface area contributed by atoms with E-state index in [1.165, 1.54) is 21.1 Å². The summed E-state index contributed by atoms with van der Waals surface area (Å²) in [5, 5.41) is 102. The molecule has 9 rings (SSSR count). The molecule has 4 aliphatic carbocycles. The number of rotatable bonds is 15. The Kier molecular flexibility index (Phi) is 17.7. The largest absolute Gasteiger partial charge is 0.458 e. The SMILES string of the molecule is CO[C@@H]1[C@@H](O)[C@H](O[C@@H]2[C@@H](C)O[C@@H](O[C@@H]3[C@@H](C)O[C@@H](O[C@@H]4CC[C@@]5(C)[C@H](CC[C@]6(O)[C@@H]5C[C@@H](OC(=O)c5ccccc5)[C@@]5(C)[C@]6(O)CC[C@@]5(O)[C@H](C)O)C4)C[C@H]3OC)C[C@H]2OC)O[C@H](C)[C@H]1O[C@H]1O[C@@H](CO)[C@@H](O)[C@H](O)[C@H]1O. The van der Waals surface area contributed by atoms with E-state index in [0.29, 0.717) is 37.7 Å². The van der Waals surface area contributed by atoms with Crippen molar-refractivity contribution >= 4 is 5.97 Å². The van der Waals surface area contributed by atoms with Gasteiger partial charge >= 0.3 is 5.97 Å². The fourth-order valence-corrected chi connectivity index (χ4v) is 15.4. The highest BCUT2D eigenvalue weighted by molar-refractivity contribution is 5.89. The van der Waals surface area contributed by atoms with Crippen LogP contribution >= 0.6 is 0 Å². The highest BCUT2D eigenvalue weighted by Gasteiger charge is 2.81. The van der Waals surface area contributed by atoms with Gasteiger partial charge in [0.25, 0.3) is 0 Å². The Labute approximate surface area is 450 Å². The normalized spacial score (nSPS) is 51.5. The van der Waals surface area contributed by atoms with E-state index in [-0.39, 0.29) is 44.1 Å². The average molecular weight is 1100 g/mol. The molecule has 8 fully saturated rings. The third-order valence-electron chi connectivity index (χ3n) is 20.1. The van der Waals surface area contributed by atoms with Gasteiger partial charge in [0.15, 0.2) is 25.2 Å². The smallest absolute Gasteiger partial charge is 0.338 e. The zero-order valence-corrected chi connectivity index (χ0v) is 45.8. The van der Waals surface area contributed by atoms with Gasteiger partial charge in [-0.2, -0.15) is 0 Å². The van der Waals surface area contributed by atoms with Crippen molar-refractivity contribution in [1.29, 1.82) is 0 Å². The van der Waals surface area contributed by atoms with Crippen molar-refractivity contribution in [3.05, 3.63) is 35.9 Å². The molecule has 1 aromatic carbocycles. The standard InChI is InChI=1S/C55H86O22/c1-26-44(75-39-23-34(67-8)45(27(2)70-39)76-50-43(61)47(68-9)46(28(3)71-50)77-49-42(60)41(59)40(58)35(25-56)73-49)33(66-7)22-38(69-26)72-32-16-17-51(5)31(21-32)15-18-54(64)36(51)24-37(74-48(62)30-13-11-10-12-14-30)52(6)53(63,29(4)57)19-20-55(52,54)65/h10-14,26-29,31-47,49-50,56-61,63-65H,15-25H2,1-9H3/t26-,27-,28-,29+,31-,32-,33-,34-,35+,36-,37-,38+,39+,40-,41+,42-,43-,44-,45-,46-,47-,49-,50+,51+,52-,53-,54+,55-/m1/s1. The molecule has 0 spiro atoms. The summed E-state index contributed by atoms with van der Waals surface area (Å²) >= 11 is 0. The number of hydrogen-bond donors (Lipinski definition) is 9. The molecular weight excluding hydrogens is 1010 g/mol. The molecule has 0 bridgehead atoms. The first-order chi connectivity index (χ1) is 36.4. The summed E-state index contributed by atoms with van der Waals surface area (Å²) in [6.07, 6.45) is -17.0. The Balaban J connectivity index is 0.808. The molecule has 438 valence electrons. The van der Waals surface area contributed by atoms with E-state index in [1.54, 1.807) is 58.2 Å². The van der Waals surface area contributed by atoms with E-state index in [2.05, 4.69) is 6.92 Å². The zero-order valence-electron chi connectivity index (χ0n) is 45.8. The minimum Gasteiger partial charge on any atom is -0.458 e. The lowest BCUT2D eigenvalue weighted by Gasteiger charge is -2.69. The highest BCUT2D eigenvalue weighted by atomic mass is 16.8. The summed E-state index contributed by atoms with van der Waals surface area (Å²) in [5.74, 6) is -1.04. The lowest BCUT2D eigenvalue weighted by molar-refractivity contribution is -0.373. The number of aliphatic hydroxyl groups is 9. The molecule has 4 saturated carbocycles. The predicted octanol–water partition coefficient (Wildman–Crippen LogP) is 0.968. The molecule has 22 heteroatoms. The maximum Gasteiger partial charge on any atom is 0.338 e. The monoisotopic (exact) mass is 1100 g/mol. The van der Waals surface area contributed by atoms with E-state index in [1.807, 2.05) is 6.92 Å². The van der Waals surface area contributed by atoms with Crippen LogP contribution < -0.4 is 0 Å². The minimum absolute atomic E-state index is 0.0197. The van der Waals surface area contributed by atoms with Gasteiger partial charge in [0.2, 0.25) is 0 Å². The number of benzene rings is 1. The maximum absolute atomic E-state index is 13.8. The maximum atomic E-state index is 13.8. The van der Waals surface area contributed by atoms with E-state index in [9.17, 15) is 50.8 Å². The molecule has 4 aliphatic heterocycles. The van der Waals surface area contributed by atoms with E-state index in [0.717, 1.165) is 0 Å². The van der Waals surface area contributed by atoms with Gasteiger partial charge in [-0.25, -0.2) is 4.79 Å². The number of carbonyl (C=O) groups excluding carboxylic acids is 1. The van der Waals surface area contributed by atoms with Gasteiger partial charge in [0.1, 0.15) is 72.2 Å². The summed E-state index contributed by atoms with van der Waals surface area (Å²) < 4.78 is 74.3. The van der Waals surface area contributed by atoms with Gasteiger partial charge in [0.05, 0.1) is 65.9 Å². The molecular formula is C55H86O22. The summed E-state index contributed by atoms with van der Waals surface area (Å²) in [6.45, 7) is 10.00. The first kappa shape index (κ1) is 59.5. The topological polar surface area (TPSA) is 310 Å². The van der Waals surface area contributed by atoms with Crippen molar-refractivity contribution in [3.63, 3.8) is 0 Å². The molecule has 4 heterocycles. The van der Waals surface area contributed by atoms with Gasteiger partial charge in [-0.15, -0.1) is 0 Å². The lowest BCUT2D eigenvalue weighted by Crippen LogP contribution is -2.79. The molecule has 0 unspecified atom stereocenters. The third-order valence-corrected chi connectivity index (χ3v) is 20.1. The Hall–Kier alpha value is -2.11. The van der Waals surface area contributed by atoms with Crippen LogP contribution in [0.25, 0.3) is 0 Å².